The van der Waals surface area contributed by atoms with E-state index in [2.05, 4.69) is 19.7 Å². The molecular weight excluding hydrogens is 290 g/mol. The first kappa shape index (κ1) is 12.9. The lowest BCUT2D eigenvalue weighted by molar-refractivity contribution is 1.16. The predicted molar refractivity (Wildman–Crippen MR) is 85.6 cm³/mol. The van der Waals surface area contributed by atoms with Gasteiger partial charge in [-0.05, 0) is 19.1 Å². The van der Waals surface area contributed by atoms with Crippen molar-refractivity contribution in [2.45, 2.75) is 6.92 Å². The van der Waals surface area contributed by atoms with Crippen molar-refractivity contribution in [3.05, 3.63) is 41.7 Å². The van der Waals surface area contributed by atoms with Crippen LogP contribution in [-0.4, -0.2) is 19.3 Å². The standard InChI is InChI=1S/C13H11N5S2/c1-7-15-13(20-18-7)17-11-6-9(12(14)19)8-4-2-3-5-10(8)16-11/h2-6H,1H3,(H2,14,19)(H,15,16,17,18). The first-order valence-electron chi connectivity index (χ1n) is 5.90. The molecule has 0 radical (unpaired) electrons. The number of para-hydroxylation sites is 1. The van der Waals surface area contributed by atoms with E-state index in [0.717, 1.165) is 22.3 Å². The van der Waals surface area contributed by atoms with E-state index < -0.39 is 0 Å². The van der Waals surface area contributed by atoms with E-state index in [-0.39, 0.29) is 0 Å². The van der Waals surface area contributed by atoms with E-state index in [1.54, 1.807) is 0 Å². The van der Waals surface area contributed by atoms with Crippen molar-refractivity contribution < 1.29 is 0 Å². The molecule has 0 fully saturated rings. The Balaban J connectivity index is 2.10. The van der Waals surface area contributed by atoms with Crippen LogP contribution in [0.25, 0.3) is 10.9 Å². The van der Waals surface area contributed by atoms with Gasteiger partial charge in [-0.25, -0.2) is 9.97 Å². The molecule has 3 N–H and O–H groups in total. The summed E-state index contributed by atoms with van der Waals surface area (Å²) in [5.41, 5.74) is 7.43. The van der Waals surface area contributed by atoms with E-state index in [1.807, 2.05) is 37.3 Å². The van der Waals surface area contributed by atoms with Crippen LogP contribution in [0.3, 0.4) is 0 Å². The molecule has 20 heavy (non-hydrogen) atoms. The Bertz CT molecular complexity index is 796. The molecule has 2 heterocycles. The number of hydrogen-bond donors (Lipinski definition) is 2. The van der Waals surface area contributed by atoms with Gasteiger partial charge >= 0.3 is 0 Å². The molecule has 0 aliphatic carbocycles. The summed E-state index contributed by atoms with van der Waals surface area (Å²) in [6.07, 6.45) is 0. The summed E-state index contributed by atoms with van der Waals surface area (Å²) in [5.74, 6) is 1.38. The predicted octanol–water partition coefficient (Wildman–Crippen LogP) is 2.77. The quantitative estimate of drug-likeness (QED) is 0.724. The molecule has 1 aromatic carbocycles. The first-order valence-corrected chi connectivity index (χ1v) is 7.08. The van der Waals surface area contributed by atoms with Crippen LogP contribution in [0.1, 0.15) is 11.4 Å². The van der Waals surface area contributed by atoms with Gasteiger partial charge in [0.15, 0.2) is 0 Å². The maximum atomic E-state index is 5.80. The Morgan fingerprint density at radius 1 is 1.30 bits per heavy atom. The van der Waals surface area contributed by atoms with Gasteiger partial charge < -0.3 is 11.1 Å². The average Bonchev–Trinajstić information content (AvgIpc) is 2.83. The molecule has 0 atom stereocenters. The number of aromatic nitrogens is 3. The minimum absolute atomic E-state index is 0.347. The summed E-state index contributed by atoms with van der Waals surface area (Å²) in [7, 11) is 0. The van der Waals surface area contributed by atoms with Crippen LogP contribution >= 0.6 is 23.8 Å². The molecule has 0 aliphatic heterocycles. The normalized spacial score (nSPS) is 10.7. The Hall–Kier alpha value is -2.12. The smallest absolute Gasteiger partial charge is 0.208 e. The van der Waals surface area contributed by atoms with E-state index in [4.69, 9.17) is 18.0 Å². The Labute approximate surface area is 125 Å². The highest BCUT2D eigenvalue weighted by atomic mass is 32.1. The van der Waals surface area contributed by atoms with Crippen LogP contribution in [0.5, 0.6) is 0 Å². The Morgan fingerprint density at radius 2 is 2.10 bits per heavy atom. The third-order valence-corrected chi connectivity index (χ3v) is 3.69. The van der Waals surface area contributed by atoms with Crippen LogP contribution in [0.2, 0.25) is 0 Å². The van der Waals surface area contributed by atoms with Crippen molar-refractivity contribution in [1.82, 2.24) is 14.3 Å². The van der Waals surface area contributed by atoms with E-state index in [9.17, 15) is 0 Å². The summed E-state index contributed by atoms with van der Waals surface area (Å²) in [4.78, 5) is 9.14. The highest BCUT2D eigenvalue weighted by Gasteiger charge is 2.09. The maximum absolute atomic E-state index is 5.80. The van der Waals surface area contributed by atoms with Crippen LogP contribution in [0, 0.1) is 6.92 Å². The number of nitrogens with zero attached hydrogens (tertiary/aromatic N) is 3. The SMILES string of the molecule is Cc1nsc(Nc2cc(C(N)=S)c3ccccc3n2)n1. The molecule has 0 saturated carbocycles. The number of aryl methyl sites for hydroxylation is 1. The van der Waals surface area contributed by atoms with Crippen molar-refractivity contribution in [2.24, 2.45) is 5.73 Å². The van der Waals surface area contributed by atoms with Crippen molar-refractivity contribution in [2.75, 3.05) is 5.32 Å². The minimum atomic E-state index is 0.347. The zero-order chi connectivity index (χ0) is 14.1. The van der Waals surface area contributed by atoms with Crippen molar-refractivity contribution in [1.29, 1.82) is 0 Å². The molecule has 5 nitrogen and oxygen atoms in total. The molecule has 0 spiro atoms. The first-order chi connectivity index (χ1) is 9.63. The van der Waals surface area contributed by atoms with E-state index >= 15 is 0 Å². The molecular formula is C13H11N5S2. The van der Waals surface area contributed by atoms with Gasteiger partial charge in [-0.3, -0.25) is 0 Å². The van der Waals surface area contributed by atoms with Crippen LogP contribution < -0.4 is 11.1 Å². The van der Waals surface area contributed by atoms with Gasteiger partial charge in [-0.2, -0.15) is 4.37 Å². The van der Waals surface area contributed by atoms with Crippen molar-refractivity contribution in [3.63, 3.8) is 0 Å². The van der Waals surface area contributed by atoms with E-state index in [1.165, 1.54) is 11.5 Å². The monoisotopic (exact) mass is 301 g/mol. The summed E-state index contributed by atoms with van der Waals surface area (Å²) >= 11 is 6.40. The molecule has 0 amide bonds. The highest BCUT2D eigenvalue weighted by Crippen LogP contribution is 2.23. The largest absolute Gasteiger partial charge is 0.389 e. The number of anilines is 2. The van der Waals surface area contributed by atoms with Gasteiger partial charge in [0.2, 0.25) is 5.13 Å². The van der Waals surface area contributed by atoms with Crippen molar-refractivity contribution in [3.8, 4) is 0 Å². The van der Waals surface area contributed by atoms with Crippen molar-refractivity contribution >= 4 is 50.6 Å². The maximum Gasteiger partial charge on any atom is 0.208 e. The van der Waals surface area contributed by atoms with Gasteiger partial charge in [-0.15, -0.1) is 0 Å². The lowest BCUT2D eigenvalue weighted by atomic mass is 10.1. The lowest BCUT2D eigenvalue weighted by Gasteiger charge is -2.08. The second-order valence-electron chi connectivity index (χ2n) is 4.21. The fourth-order valence-corrected chi connectivity index (χ4v) is 2.65. The molecule has 3 aromatic rings. The molecule has 7 heteroatoms. The fraction of sp³-hybridized carbons (Fsp3) is 0.0769. The number of rotatable bonds is 3. The second kappa shape index (κ2) is 5.10. The number of benzene rings is 1. The zero-order valence-corrected chi connectivity index (χ0v) is 12.3. The highest BCUT2D eigenvalue weighted by molar-refractivity contribution is 7.80. The second-order valence-corrected chi connectivity index (χ2v) is 5.40. The molecule has 100 valence electrons. The number of nitrogens with one attached hydrogen (secondary N) is 1. The van der Waals surface area contributed by atoms with Gasteiger partial charge in [0.1, 0.15) is 16.6 Å². The number of fused-ring (bicyclic) bond motifs is 1. The van der Waals surface area contributed by atoms with E-state index in [0.29, 0.717) is 15.9 Å². The molecule has 0 saturated heterocycles. The summed E-state index contributed by atoms with van der Waals surface area (Å²) in [6.45, 7) is 1.84. The fourth-order valence-electron chi connectivity index (χ4n) is 1.90. The number of hydrogen-bond acceptors (Lipinski definition) is 6. The summed E-state index contributed by atoms with van der Waals surface area (Å²) in [6, 6.07) is 9.58. The van der Waals surface area contributed by atoms with Gasteiger partial charge in [0.25, 0.3) is 0 Å². The molecule has 3 rings (SSSR count). The summed E-state index contributed by atoms with van der Waals surface area (Å²) in [5, 5.41) is 4.77. The molecule has 0 unspecified atom stereocenters. The average molecular weight is 301 g/mol. The van der Waals surface area contributed by atoms with Gasteiger partial charge in [0.05, 0.1) is 5.52 Å². The third kappa shape index (κ3) is 2.45. The molecule has 0 aliphatic rings. The molecule has 0 bridgehead atoms. The lowest BCUT2D eigenvalue weighted by Crippen LogP contribution is -2.11. The van der Waals surface area contributed by atoms with Gasteiger partial charge in [0, 0.05) is 22.5 Å². The van der Waals surface area contributed by atoms with Crippen LogP contribution in [-0.2, 0) is 0 Å². The van der Waals surface area contributed by atoms with Gasteiger partial charge in [-0.1, -0.05) is 30.4 Å². The Kier molecular flexibility index (Phi) is 3.29. The zero-order valence-electron chi connectivity index (χ0n) is 10.6. The van der Waals surface area contributed by atoms with Crippen LogP contribution in [0.4, 0.5) is 10.9 Å². The number of nitrogens with two attached hydrogens (primary N) is 1. The van der Waals surface area contributed by atoms with Crippen LogP contribution in [0.15, 0.2) is 30.3 Å². The Morgan fingerprint density at radius 3 is 2.80 bits per heavy atom. The molecule has 2 aromatic heterocycles. The minimum Gasteiger partial charge on any atom is -0.389 e. The third-order valence-electron chi connectivity index (χ3n) is 2.74. The topological polar surface area (TPSA) is 76.7 Å². The summed E-state index contributed by atoms with van der Waals surface area (Å²) < 4.78 is 4.12. The number of pyridine rings is 1. The number of thiocarbonyl (C=S) groups is 1.